The molecule has 7 heteroatoms. The van der Waals surface area contributed by atoms with Crippen LogP contribution in [0.5, 0.6) is 5.75 Å². The molecule has 0 spiro atoms. The molecule has 0 fully saturated rings. The van der Waals surface area contributed by atoms with Crippen LogP contribution in [0.2, 0.25) is 0 Å². The fourth-order valence-electron chi connectivity index (χ4n) is 4.15. The van der Waals surface area contributed by atoms with E-state index in [0.717, 1.165) is 34.2 Å². The van der Waals surface area contributed by atoms with Crippen LogP contribution in [0.4, 0.5) is 13.2 Å². The highest BCUT2D eigenvalue weighted by molar-refractivity contribution is 7.90. The predicted molar refractivity (Wildman–Crippen MR) is 108 cm³/mol. The van der Waals surface area contributed by atoms with Gasteiger partial charge in [0.1, 0.15) is 15.6 Å². The van der Waals surface area contributed by atoms with Gasteiger partial charge in [-0.3, -0.25) is 0 Å². The Labute approximate surface area is 169 Å². The lowest BCUT2D eigenvalue weighted by Crippen LogP contribution is -2.10. The van der Waals surface area contributed by atoms with Crippen molar-refractivity contribution < 1.29 is 26.3 Å². The lowest BCUT2D eigenvalue weighted by Gasteiger charge is -2.19. The van der Waals surface area contributed by atoms with Crippen LogP contribution in [0.25, 0.3) is 11.1 Å². The van der Waals surface area contributed by atoms with Crippen molar-refractivity contribution in [2.45, 2.75) is 45.7 Å². The molecule has 3 rings (SSSR count). The number of hydrogen-bond acceptors (Lipinski definition) is 3. The molecule has 0 atom stereocenters. The maximum Gasteiger partial charge on any atom is 0.416 e. The Morgan fingerprint density at radius 3 is 2.24 bits per heavy atom. The van der Waals surface area contributed by atoms with Gasteiger partial charge >= 0.3 is 6.18 Å². The maximum atomic E-state index is 13.4. The van der Waals surface area contributed by atoms with E-state index in [4.69, 9.17) is 4.74 Å². The second-order valence-electron chi connectivity index (χ2n) is 7.73. The van der Waals surface area contributed by atoms with Crippen LogP contribution in [0.1, 0.15) is 40.7 Å². The topological polar surface area (TPSA) is 43.4 Å². The van der Waals surface area contributed by atoms with Crippen molar-refractivity contribution in [3.63, 3.8) is 0 Å². The van der Waals surface area contributed by atoms with Gasteiger partial charge in [-0.15, -0.1) is 0 Å². The van der Waals surface area contributed by atoms with Gasteiger partial charge < -0.3 is 4.74 Å². The van der Waals surface area contributed by atoms with Crippen molar-refractivity contribution in [2.24, 2.45) is 0 Å². The van der Waals surface area contributed by atoms with E-state index in [2.05, 4.69) is 0 Å². The van der Waals surface area contributed by atoms with E-state index in [0.29, 0.717) is 37.2 Å². The van der Waals surface area contributed by atoms with Crippen molar-refractivity contribution in [3.8, 4) is 16.9 Å². The molecule has 2 aromatic rings. The van der Waals surface area contributed by atoms with E-state index >= 15 is 0 Å². The van der Waals surface area contributed by atoms with Crippen LogP contribution in [0, 0.1) is 13.8 Å². The van der Waals surface area contributed by atoms with Crippen molar-refractivity contribution in [1.82, 2.24) is 0 Å². The van der Waals surface area contributed by atoms with E-state index in [1.165, 1.54) is 12.3 Å². The molecule has 0 heterocycles. The standard InChI is InChI=1S/C22H25F3O3S/c1-14-12-16(28-10-5-11-29(3,26)27)13-15(2)21(14)19-8-9-20(22(23,24)25)18-7-4-6-17(18)19/h8-9,12-13H,4-7,10-11H2,1-3H3. The summed E-state index contributed by atoms with van der Waals surface area (Å²) in [5, 5.41) is 0. The van der Waals surface area contributed by atoms with Crippen molar-refractivity contribution in [3.05, 3.63) is 52.1 Å². The Hall–Kier alpha value is -2.02. The Kier molecular flexibility index (Phi) is 5.99. The van der Waals surface area contributed by atoms with E-state index in [9.17, 15) is 21.6 Å². The molecule has 3 nitrogen and oxygen atoms in total. The highest BCUT2D eigenvalue weighted by Crippen LogP contribution is 2.43. The molecule has 0 unspecified atom stereocenters. The van der Waals surface area contributed by atoms with Crippen LogP contribution >= 0.6 is 0 Å². The molecule has 0 N–H and O–H groups in total. The summed E-state index contributed by atoms with van der Waals surface area (Å²) in [6, 6.07) is 6.52. The normalized spacial score (nSPS) is 14.1. The SMILES string of the molecule is Cc1cc(OCCCS(C)(=O)=O)cc(C)c1-c1ccc(C(F)(F)F)c2c1CCC2. The van der Waals surface area contributed by atoms with Crippen LogP contribution in [0.15, 0.2) is 24.3 Å². The van der Waals surface area contributed by atoms with Gasteiger partial charge in [0, 0.05) is 6.26 Å². The third kappa shape index (κ3) is 4.94. The third-order valence-corrected chi connectivity index (χ3v) is 6.32. The maximum absolute atomic E-state index is 13.4. The molecule has 1 aliphatic carbocycles. The molecule has 1 aliphatic rings. The molecule has 0 bridgehead atoms. The molecule has 0 radical (unpaired) electrons. The molecule has 0 aromatic heterocycles. The van der Waals surface area contributed by atoms with Gasteiger partial charge in [0.15, 0.2) is 0 Å². The highest BCUT2D eigenvalue weighted by Gasteiger charge is 2.36. The fourth-order valence-corrected chi connectivity index (χ4v) is 4.79. The molecular formula is C22H25F3O3S. The summed E-state index contributed by atoms with van der Waals surface area (Å²) in [6.07, 6.45) is -0.895. The molecule has 2 aromatic carbocycles. The molecule has 29 heavy (non-hydrogen) atoms. The molecule has 0 aliphatic heterocycles. The number of hydrogen-bond donors (Lipinski definition) is 0. The highest BCUT2D eigenvalue weighted by atomic mass is 32.2. The summed E-state index contributed by atoms with van der Waals surface area (Å²) in [4.78, 5) is 0. The van der Waals surface area contributed by atoms with Crippen molar-refractivity contribution >= 4 is 9.84 Å². The van der Waals surface area contributed by atoms with Gasteiger partial charge in [-0.2, -0.15) is 13.2 Å². The average molecular weight is 427 g/mol. The molecule has 0 saturated heterocycles. The van der Waals surface area contributed by atoms with Crippen LogP contribution in [0.3, 0.4) is 0 Å². The van der Waals surface area contributed by atoms with Gasteiger partial charge in [-0.25, -0.2) is 8.42 Å². The lowest BCUT2D eigenvalue weighted by atomic mass is 9.88. The van der Waals surface area contributed by atoms with Crippen LogP contribution < -0.4 is 4.74 Å². The molecule has 0 saturated carbocycles. The minimum absolute atomic E-state index is 0.0702. The van der Waals surface area contributed by atoms with Gasteiger partial charge in [-0.05, 0) is 91.1 Å². The molecule has 0 amide bonds. The lowest BCUT2D eigenvalue weighted by molar-refractivity contribution is -0.138. The smallest absolute Gasteiger partial charge is 0.416 e. The molecule has 158 valence electrons. The van der Waals surface area contributed by atoms with Crippen LogP contribution in [-0.4, -0.2) is 27.0 Å². The summed E-state index contributed by atoms with van der Waals surface area (Å²) in [5.74, 6) is 0.710. The first kappa shape index (κ1) is 21.7. The minimum atomic E-state index is -4.33. The zero-order valence-corrected chi connectivity index (χ0v) is 17.6. The number of ether oxygens (including phenoxy) is 1. The second kappa shape index (κ2) is 8.01. The molecular weight excluding hydrogens is 401 g/mol. The number of benzene rings is 2. The van der Waals surface area contributed by atoms with Crippen molar-refractivity contribution in [1.29, 1.82) is 0 Å². The largest absolute Gasteiger partial charge is 0.494 e. The zero-order chi connectivity index (χ0) is 21.4. The Bertz CT molecular complexity index is 1000. The quantitative estimate of drug-likeness (QED) is 0.590. The van der Waals surface area contributed by atoms with E-state index in [1.54, 1.807) is 6.07 Å². The van der Waals surface area contributed by atoms with Gasteiger partial charge in [0.2, 0.25) is 0 Å². The second-order valence-corrected chi connectivity index (χ2v) is 9.99. The number of alkyl halides is 3. The number of sulfone groups is 1. The first-order chi connectivity index (χ1) is 13.5. The number of rotatable bonds is 6. The Morgan fingerprint density at radius 1 is 1.03 bits per heavy atom. The third-order valence-electron chi connectivity index (χ3n) is 5.29. The fraction of sp³-hybridized carbons (Fsp3) is 0.455. The zero-order valence-electron chi connectivity index (χ0n) is 16.8. The number of fused-ring (bicyclic) bond motifs is 1. The first-order valence-corrected chi connectivity index (χ1v) is 11.7. The number of aryl methyl sites for hydroxylation is 2. The van der Waals surface area contributed by atoms with Gasteiger partial charge in [0.25, 0.3) is 0 Å². The van der Waals surface area contributed by atoms with E-state index in [-0.39, 0.29) is 5.75 Å². The summed E-state index contributed by atoms with van der Waals surface area (Å²) in [6.45, 7) is 4.14. The summed E-state index contributed by atoms with van der Waals surface area (Å²) in [5.41, 5.74) is 4.37. The number of halogens is 3. The minimum Gasteiger partial charge on any atom is -0.494 e. The summed E-state index contributed by atoms with van der Waals surface area (Å²) < 4.78 is 68.2. The van der Waals surface area contributed by atoms with Crippen molar-refractivity contribution in [2.75, 3.05) is 18.6 Å². The monoisotopic (exact) mass is 426 g/mol. The first-order valence-electron chi connectivity index (χ1n) is 9.61. The Balaban J connectivity index is 1.90. The van der Waals surface area contributed by atoms with E-state index < -0.39 is 21.6 Å². The van der Waals surface area contributed by atoms with Crippen LogP contribution in [-0.2, 0) is 28.9 Å². The average Bonchev–Trinajstić information content (AvgIpc) is 3.06. The Morgan fingerprint density at radius 2 is 1.66 bits per heavy atom. The summed E-state index contributed by atoms with van der Waals surface area (Å²) >= 11 is 0. The van der Waals surface area contributed by atoms with Gasteiger partial charge in [-0.1, -0.05) is 6.07 Å². The predicted octanol–water partition coefficient (Wildman–Crippen LogP) is 5.29. The van der Waals surface area contributed by atoms with Gasteiger partial charge in [0.05, 0.1) is 17.9 Å². The van der Waals surface area contributed by atoms with E-state index in [1.807, 2.05) is 26.0 Å². The summed E-state index contributed by atoms with van der Waals surface area (Å²) in [7, 11) is -3.02.